The molecule has 24 heavy (non-hydrogen) atoms. The van der Waals surface area contributed by atoms with Gasteiger partial charge in [0.25, 0.3) is 0 Å². The molecule has 4 aromatic rings. The average Bonchev–Trinajstić information content (AvgIpc) is 3.19. The Kier molecular flexibility index (Phi) is 3.75. The maximum absolute atomic E-state index is 13.4. The molecular weight excluding hydrogens is 350 g/mol. The molecule has 0 bridgehead atoms. The molecule has 4 rings (SSSR count). The summed E-state index contributed by atoms with van der Waals surface area (Å²) in [4.78, 5) is 11.6. The smallest absolute Gasteiger partial charge is 0.134 e. The molecule has 120 valence electrons. The van der Waals surface area contributed by atoms with E-state index in [4.69, 9.17) is 23.2 Å². The molecule has 7 heteroatoms. The number of rotatable bonds is 3. The SMILES string of the molecule is Fc1cc(Cl)c(Cc2nccc3c2ccn3-c2cnc[nH]2)c(Cl)c1. The van der Waals surface area contributed by atoms with Gasteiger partial charge < -0.3 is 9.55 Å². The van der Waals surface area contributed by atoms with Gasteiger partial charge in [-0.2, -0.15) is 0 Å². The molecule has 3 heterocycles. The second kappa shape index (κ2) is 5.92. The number of fused-ring (bicyclic) bond motifs is 1. The Balaban J connectivity index is 1.81. The topological polar surface area (TPSA) is 46.5 Å². The monoisotopic (exact) mass is 360 g/mol. The van der Waals surface area contributed by atoms with Crippen LogP contribution < -0.4 is 0 Å². The molecule has 0 radical (unpaired) electrons. The Bertz CT molecular complexity index is 1000. The van der Waals surface area contributed by atoms with Crippen molar-refractivity contribution in [2.45, 2.75) is 6.42 Å². The summed E-state index contributed by atoms with van der Waals surface area (Å²) >= 11 is 12.3. The van der Waals surface area contributed by atoms with Crippen molar-refractivity contribution in [1.82, 2.24) is 19.5 Å². The number of pyridine rings is 1. The van der Waals surface area contributed by atoms with Crippen LogP contribution in [0, 0.1) is 5.82 Å². The number of aromatic nitrogens is 4. The van der Waals surface area contributed by atoms with Gasteiger partial charge in [-0.15, -0.1) is 0 Å². The molecule has 0 aliphatic heterocycles. The first-order valence-electron chi connectivity index (χ1n) is 7.20. The molecule has 0 saturated carbocycles. The largest absolute Gasteiger partial charge is 0.331 e. The fraction of sp³-hybridized carbons (Fsp3) is 0.0588. The van der Waals surface area contributed by atoms with Gasteiger partial charge in [-0.3, -0.25) is 4.98 Å². The van der Waals surface area contributed by atoms with Crippen LogP contribution in [-0.4, -0.2) is 19.5 Å². The number of aromatic amines is 1. The number of H-pyrrole nitrogens is 1. The second-order valence-electron chi connectivity index (χ2n) is 5.34. The van der Waals surface area contributed by atoms with Gasteiger partial charge in [0.05, 0.1) is 23.7 Å². The summed E-state index contributed by atoms with van der Waals surface area (Å²) in [6.07, 6.45) is 7.46. The van der Waals surface area contributed by atoms with Crippen LogP contribution in [0.4, 0.5) is 4.39 Å². The molecule has 3 aromatic heterocycles. The van der Waals surface area contributed by atoms with Gasteiger partial charge in [-0.05, 0) is 29.8 Å². The van der Waals surface area contributed by atoms with Crippen molar-refractivity contribution < 1.29 is 4.39 Å². The minimum atomic E-state index is -0.453. The molecule has 1 N–H and O–H groups in total. The van der Waals surface area contributed by atoms with Gasteiger partial charge in [0.15, 0.2) is 0 Å². The van der Waals surface area contributed by atoms with Gasteiger partial charge in [0, 0.05) is 34.2 Å². The zero-order chi connectivity index (χ0) is 16.7. The number of benzene rings is 1. The third kappa shape index (κ3) is 2.56. The van der Waals surface area contributed by atoms with E-state index in [9.17, 15) is 4.39 Å². The molecular formula is C17H11Cl2FN4. The number of hydrogen-bond acceptors (Lipinski definition) is 2. The highest BCUT2D eigenvalue weighted by Gasteiger charge is 2.14. The summed E-state index contributed by atoms with van der Waals surface area (Å²) in [5.41, 5.74) is 2.47. The molecule has 0 spiro atoms. The van der Waals surface area contributed by atoms with Crippen molar-refractivity contribution >= 4 is 34.1 Å². The molecule has 1 aromatic carbocycles. The van der Waals surface area contributed by atoms with Crippen LogP contribution in [0.15, 0.2) is 49.2 Å². The summed E-state index contributed by atoms with van der Waals surface area (Å²) < 4.78 is 15.4. The lowest BCUT2D eigenvalue weighted by atomic mass is 10.1. The molecule has 0 saturated heterocycles. The van der Waals surface area contributed by atoms with E-state index in [0.717, 1.165) is 22.4 Å². The van der Waals surface area contributed by atoms with E-state index in [-0.39, 0.29) is 0 Å². The minimum Gasteiger partial charge on any atom is -0.331 e. The predicted molar refractivity (Wildman–Crippen MR) is 92.4 cm³/mol. The highest BCUT2D eigenvalue weighted by atomic mass is 35.5. The van der Waals surface area contributed by atoms with Crippen LogP contribution in [0.3, 0.4) is 0 Å². The van der Waals surface area contributed by atoms with E-state index in [2.05, 4.69) is 15.0 Å². The number of halogens is 3. The number of nitrogens with zero attached hydrogens (tertiary/aromatic N) is 3. The Hall–Kier alpha value is -2.37. The summed E-state index contributed by atoms with van der Waals surface area (Å²) in [5.74, 6) is 0.408. The van der Waals surface area contributed by atoms with Gasteiger partial charge in [0.2, 0.25) is 0 Å². The number of imidazole rings is 1. The lowest BCUT2D eigenvalue weighted by Gasteiger charge is -2.09. The maximum Gasteiger partial charge on any atom is 0.134 e. The van der Waals surface area contributed by atoms with E-state index in [1.54, 1.807) is 18.7 Å². The lowest BCUT2D eigenvalue weighted by molar-refractivity contribution is 0.627. The fourth-order valence-electron chi connectivity index (χ4n) is 2.77. The van der Waals surface area contributed by atoms with Crippen LogP contribution >= 0.6 is 23.2 Å². The Labute approximate surface area is 146 Å². The fourth-order valence-corrected chi connectivity index (χ4v) is 3.36. The first-order valence-corrected chi connectivity index (χ1v) is 7.96. The van der Waals surface area contributed by atoms with E-state index >= 15 is 0 Å². The van der Waals surface area contributed by atoms with E-state index in [0.29, 0.717) is 22.0 Å². The first kappa shape index (κ1) is 15.2. The number of nitrogens with one attached hydrogen (secondary N) is 1. The standard InChI is InChI=1S/C17H11Cl2FN4/c18-13-5-10(20)6-14(19)12(13)7-15-11-2-4-24(16(11)1-3-22-15)17-8-21-9-23-17/h1-6,8-9H,7H2,(H,21,23). The van der Waals surface area contributed by atoms with Crippen molar-refractivity contribution in [3.63, 3.8) is 0 Å². The van der Waals surface area contributed by atoms with Crippen LogP contribution in [0.5, 0.6) is 0 Å². The highest BCUT2D eigenvalue weighted by molar-refractivity contribution is 6.36. The molecule has 0 fully saturated rings. The minimum absolute atomic E-state index is 0.298. The Morgan fingerprint density at radius 1 is 1.17 bits per heavy atom. The summed E-state index contributed by atoms with van der Waals surface area (Å²) in [5, 5.41) is 1.57. The second-order valence-corrected chi connectivity index (χ2v) is 6.15. The van der Waals surface area contributed by atoms with E-state index in [1.165, 1.54) is 12.1 Å². The van der Waals surface area contributed by atoms with Crippen molar-refractivity contribution in [2.75, 3.05) is 0 Å². The summed E-state index contributed by atoms with van der Waals surface area (Å²) in [7, 11) is 0. The van der Waals surface area contributed by atoms with Gasteiger partial charge in [-0.1, -0.05) is 23.2 Å². The molecule has 0 amide bonds. The molecule has 0 atom stereocenters. The number of hydrogen-bond donors (Lipinski definition) is 1. The third-order valence-electron chi connectivity index (χ3n) is 3.89. The van der Waals surface area contributed by atoms with Crippen molar-refractivity contribution in [1.29, 1.82) is 0 Å². The zero-order valence-electron chi connectivity index (χ0n) is 12.3. The normalized spacial score (nSPS) is 11.3. The average molecular weight is 361 g/mol. The van der Waals surface area contributed by atoms with Gasteiger partial charge in [0.1, 0.15) is 11.6 Å². The lowest BCUT2D eigenvalue weighted by Crippen LogP contribution is -1.97. The van der Waals surface area contributed by atoms with Crippen molar-refractivity contribution in [3.8, 4) is 5.82 Å². The van der Waals surface area contributed by atoms with E-state index in [1.807, 2.05) is 22.9 Å². The van der Waals surface area contributed by atoms with Crippen molar-refractivity contribution in [3.05, 3.63) is 76.3 Å². The first-order chi connectivity index (χ1) is 11.6. The molecule has 0 aliphatic rings. The van der Waals surface area contributed by atoms with Crippen LogP contribution in [0.1, 0.15) is 11.3 Å². The van der Waals surface area contributed by atoms with Crippen molar-refractivity contribution in [2.24, 2.45) is 0 Å². The van der Waals surface area contributed by atoms with Gasteiger partial charge in [-0.25, -0.2) is 9.37 Å². The third-order valence-corrected chi connectivity index (χ3v) is 4.57. The molecule has 4 nitrogen and oxygen atoms in total. The quantitative estimate of drug-likeness (QED) is 0.571. The maximum atomic E-state index is 13.4. The Morgan fingerprint density at radius 2 is 1.96 bits per heavy atom. The van der Waals surface area contributed by atoms with Crippen LogP contribution in [-0.2, 0) is 6.42 Å². The van der Waals surface area contributed by atoms with Gasteiger partial charge >= 0.3 is 0 Å². The molecule has 0 unspecified atom stereocenters. The summed E-state index contributed by atoms with van der Waals surface area (Å²) in [6.45, 7) is 0. The highest BCUT2D eigenvalue weighted by Crippen LogP contribution is 2.30. The molecule has 0 aliphatic carbocycles. The van der Waals surface area contributed by atoms with E-state index < -0.39 is 5.82 Å². The predicted octanol–water partition coefficient (Wildman–Crippen LogP) is 4.79. The zero-order valence-corrected chi connectivity index (χ0v) is 13.8. The summed E-state index contributed by atoms with van der Waals surface area (Å²) in [6, 6.07) is 6.43. The Morgan fingerprint density at radius 3 is 2.67 bits per heavy atom. The van der Waals surface area contributed by atoms with Crippen LogP contribution in [0.25, 0.3) is 16.7 Å². The van der Waals surface area contributed by atoms with Crippen LogP contribution in [0.2, 0.25) is 10.0 Å².